The molecule has 12 heteroatoms. The van der Waals surface area contributed by atoms with Crippen LogP contribution in [0.3, 0.4) is 0 Å². The molecule has 0 radical (unpaired) electrons. The number of amides is 3. The van der Waals surface area contributed by atoms with Crippen LogP contribution in [0.4, 0.5) is 26.5 Å². The maximum atomic E-state index is 13.2. The van der Waals surface area contributed by atoms with Crippen LogP contribution >= 0.6 is 0 Å². The van der Waals surface area contributed by atoms with Crippen molar-refractivity contribution in [1.82, 2.24) is 19.9 Å². The number of rotatable bonds is 5. The van der Waals surface area contributed by atoms with Crippen molar-refractivity contribution >= 4 is 35.2 Å². The topological polar surface area (TPSA) is 130 Å². The summed E-state index contributed by atoms with van der Waals surface area (Å²) in [5.74, 6) is -0.809. The molecule has 1 aromatic carbocycles. The molecule has 1 aliphatic heterocycles. The molecular formula is C28H32FN7O4. The van der Waals surface area contributed by atoms with E-state index < -0.39 is 23.2 Å². The summed E-state index contributed by atoms with van der Waals surface area (Å²) in [7, 11) is 0. The molecule has 1 saturated heterocycles. The molecule has 1 fully saturated rings. The third-order valence-corrected chi connectivity index (χ3v) is 5.98. The van der Waals surface area contributed by atoms with Gasteiger partial charge in [0.05, 0.1) is 29.8 Å². The fourth-order valence-corrected chi connectivity index (χ4v) is 4.03. The number of pyridine rings is 1. The van der Waals surface area contributed by atoms with Crippen molar-refractivity contribution in [2.75, 3.05) is 41.7 Å². The summed E-state index contributed by atoms with van der Waals surface area (Å²) in [4.78, 5) is 54.6. The Morgan fingerprint density at radius 2 is 1.70 bits per heavy atom. The van der Waals surface area contributed by atoms with Gasteiger partial charge in [0.2, 0.25) is 0 Å². The molecule has 0 bridgehead atoms. The van der Waals surface area contributed by atoms with Crippen LogP contribution in [-0.2, 0) is 4.74 Å². The average molecular weight is 550 g/mol. The van der Waals surface area contributed by atoms with Crippen molar-refractivity contribution in [3.63, 3.8) is 0 Å². The van der Waals surface area contributed by atoms with Crippen LogP contribution in [0.25, 0.3) is 0 Å². The van der Waals surface area contributed by atoms with E-state index in [4.69, 9.17) is 4.74 Å². The van der Waals surface area contributed by atoms with Crippen molar-refractivity contribution in [1.29, 1.82) is 0 Å². The standard InChI is InChI=1S/C28H32FN7O4/c1-18-6-8-21(20(14-18)25(37)34-23-9-7-19(29)15-31-23)33-26(38)22-16-32-24(17-30-22)35-10-5-11-36(13-12-35)27(39)40-28(2,3)4/h6-9,14-17H,5,10-13H2,1-4H3,(H,33,38)(H,31,34,37). The van der Waals surface area contributed by atoms with Crippen LogP contribution in [0.1, 0.15) is 53.6 Å². The van der Waals surface area contributed by atoms with Crippen LogP contribution in [-0.4, -0.2) is 69.5 Å². The molecule has 0 atom stereocenters. The second kappa shape index (κ2) is 12.1. The van der Waals surface area contributed by atoms with Crippen LogP contribution in [0.2, 0.25) is 0 Å². The summed E-state index contributed by atoms with van der Waals surface area (Å²) in [6.07, 6.45) is 4.28. The smallest absolute Gasteiger partial charge is 0.410 e. The van der Waals surface area contributed by atoms with Crippen LogP contribution in [0, 0.1) is 12.7 Å². The molecule has 3 aromatic rings. The number of nitrogens with one attached hydrogen (secondary N) is 2. The number of carbonyl (C=O) groups is 3. The van der Waals surface area contributed by atoms with Gasteiger partial charge < -0.3 is 25.2 Å². The third-order valence-electron chi connectivity index (χ3n) is 5.98. The number of carbonyl (C=O) groups excluding carboxylic acids is 3. The number of hydrogen-bond acceptors (Lipinski definition) is 8. The van der Waals surface area contributed by atoms with E-state index in [0.29, 0.717) is 32.0 Å². The first-order valence-electron chi connectivity index (χ1n) is 12.9. The van der Waals surface area contributed by atoms with Crippen molar-refractivity contribution < 1.29 is 23.5 Å². The minimum absolute atomic E-state index is 0.0705. The van der Waals surface area contributed by atoms with E-state index in [1.807, 2.05) is 32.6 Å². The molecule has 2 aromatic heterocycles. The number of nitrogens with zero attached hydrogens (tertiary/aromatic N) is 5. The van der Waals surface area contributed by atoms with E-state index in [0.717, 1.165) is 18.2 Å². The molecule has 11 nitrogen and oxygen atoms in total. The highest BCUT2D eigenvalue weighted by Gasteiger charge is 2.25. The second-order valence-electron chi connectivity index (χ2n) is 10.4. The molecular weight excluding hydrogens is 517 g/mol. The van der Waals surface area contributed by atoms with Crippen LogP contribution in [0.5, 0.6) is 0 Å². The van der Waals surface area contributed by atoms with Crippen LogP contribution < -0.4 is 15.5 Å². The third kappa shape index (κ3) is 7.49. The molecule has 1 aliphatic rings. The molecule has 0 unspecified atom stereocenters. The lowest BCUT2D eigenvalue weighted by molar-refractivity contribution is 0.0263. The fourth-order valence-electron chi connectivity index (χ4n) is 4.03. The Bertz CT molecular complexity index is 1370. The average Bonchev–Trinajstić information content (AvgIpc) is 3.17. The molecule has 4 rings (SSSR count). The summed E-state index contributed by atoms with van der Waals surface area (Å²) in [5.41, 5.74) is 0.801. The maximum Gasteiger partial charge on any atom is 0.410 e. The predicted octanol–water partition coefficient (Wildman–Crippen LogP) is 4.27. The Morgan fingerprint density at radius 3 is 2.38 bits per heavy atom. The van der Waals surface area contributed by atoms with E-state index in [1.165, 1.54) is 24.5 Å². The lowest BCUT2D eigenvalue weighted by atomic mass is 10.1. The van der Waals surface area contributed by atoms with Gasteiger partial charge in [-0.25, -0.2) is 24.1 Å². The zero-order valence-electron chi connectivity index (χ0n) is 22.9. The first-order valence-corrected chi connectivity index (χ1v) is 12.9. The minimum Gasteiger partial charge on any atom is -0.444 e. The molecule has 0 saturated carbocycles. The number of ether oxygens (including phenoxy) is 1. The largest absolute Gasteiger partial charge is 0.444 e. The maximum absolute atomic E-state index is 13.2. The van der Waals surface area contributed by atoms with Gasteiger partial charge in [0.1, 0.15) is 28.7 Å². The van der Waals surface area contributed by atoms with E-state index in [2.05, 4.69) is 25.6 Å². The van der Waals surface area contributed by atoms with E-state index in [1.54, 1.807) is 23.1 Å². The number of anilines is 3. The molecule has 3 amide bonds. The van der Waals surface area contributed by atoms with Crippen molar-refractivity contribution in [2.45, 2.75) is 39.7 Å². The summed E-state index contributed by atoms with van der Waals surface area (Å²) in [6, 6.07) is 7.54. The molecule has 0 spiro atoms. The molecule has 40 heavy (non-hydrogen) atoms. The van der Waals surface area contributed by atoms with E-state index in [-0.39, 0.29) is 28.9 Å². The summed E-state index contributed by atoms with van der Waals surface area (Å²) >= 11 is 0. The van der Waals surface area contributed by atoms with E-state index in [9.17, 15) is 18.8 Å². The Labute approximate surface area is 231 Å². The highest BCUT2D eigenvalue weighted by Crippen LogP contribution is 2.21. The van der Waals surface area contributed by atoms with Gasteiger partial charge in [0.15, 0.2) is 0 Å². The molecule has 2 N–H and O–H groups in total. The Morgan fingerprint density at radius 1 is 0.900 bits per heavy atom. The molecule has 0 aliphatic carbocycles. The number of benzene rings is 1. The first kappa shape index (κ1) is 28.4. The molecule has 210 valence electrons. The fraction of sp³-hybridized carbons (Fsp3) is 0.357. The van der Waals surface area contributed by atoms with Gasteiger partial charge in [-0.3, -0.25) is 9.59 Å². The van der Waals surface area contributed by atoms with Gasteiger partial charge in [-0.1, -0.05) is 11.6 Å². The number of aromatic nitrogens is 3. The van der Waals surface area contributed by atoms with Crippen molar-refractivity contribution in [3.8, 4) is 0 Å². The number of hydrogen-bond donors (Lipinski definition) is 2. The Hall–Kier alpha value is -4.61. The quantitative estimate of drug-likeness (QED) is 0.483. The number of aryl methyl sites for hydroxylation is 1. The molecule has 3 heterocycles. The van der Waals surface area contributed by atoms with Gasteiger partial charge in [-0.05, 0) is 58.4 Å². The summed E-state index contributed by atoms with van der Waals surface area (Å²) < 4.78 is 18.6. The Kier molecular flexibility index (Phi) is 8.56. The summed E-state index contributed by atoms with van der Waals surface area (Å²) in [5, 5.41) is 5.32. The minimum atomic E-state index is -0.562. The number of halogens is 1. The van der Waals surface area contributed by atoms with Crippen molar-refractivity contribution in [3.05, 3.63) is 71.6 Å². The van der Waals surface area contributed by atoms with Gasteiger partial charge >= 0.3 is 6.09 Å². The zero-order valence-corrected chi connectivity index (χ0v) is 22.9. The zero-order chi connectivity index (χ0) is 28.9. The van der Waals surface area contributed by atoms with Gasteiger partial charge in [-0.15, -0.1) is 0 Å². The highest BCUT2D eigenvalue weighted by molar-refractivity contribution is 6.12. The normalized spacial score (nSPS) is 13.8. The van der Waals surface area contributed by atoms with Crippen LogP contribution in [0.15, 0.2) is 48.9 Å². The lowest BCUT2D eigenvalue weighted by Gasteiger charge is -2.26. The van der Waals surface area contributed by atoms with Gasteiger partial charge in [0.25, 0.3) is 11.8 Å². The lowest BCUT2D eigenvalue weighted by Crippen LogP contribution is -2.39. The highest BCUT2D eigenvalue weighted by atomic mass is 19.1. The SMILES string of the molecule is Cc1ccc(NC(=O)c2cnc(N3CCCN(C(=O)OC(C)(C)C)CC3)cn2)c(C(=O)Nc2ccc(F)cn2)c1. The summed E-state index contributed by atoms with van der Waals surface area (Å²) in [6.45, 7) is 9.59. The Balaban J connectivity index is 1.41. The van der Waals surface area contributed by atoms with Gasteiger partial charge in [-0.2, -0.15) is 0 Å². The first-order chi connectivity index (χ1) is 19.0. The van der Waals surface area contributed by atoms with Gasteiger partial charge in [0, 0.05) is 26.2 Å². The van der Waals surface area contributed by atoms with Crippen molar-refractivity contribution in [2.24, 2.45) is 0 Å². The monoisotopic (exact) mass is 549 g/mol. The second-order valence-corrected chi connectivity index (χ2v) is 10.4. The predicted molar refractivity (Wildman–Crippen MR) is 148 cm³/mol. The van der Waals surface area contributed by atoms with E-state index >= 15 is 0 Å².